The molecule has 0 saturated heterocycles. The van der Waals surface area contributed by atoms with Gasteiger partial charge in [0.25, 0.3) is 5.56 Å². The minimum Gasteiger partial charge on any atom is -0.507 e. The fourth-order valence-electron chi connectivity index (χ4n) is 3.32. The van der Waals surface area contributed by atoms with Crippen LogP contribution in [-0.4, -0.2) is 16.0 Å². The summed E-state index contributed by atoms with van der Waals surface area (Å²) in [5.41, 5.74) is 7.49. The Balaban J connectivity index is 1.99. The average molecular weight is 378 g/mol. The summed E-state index contributed by atoms with van der Waals surface area (Å²) in [4.78, 5) is 26.8. The highest BCUT2D eigenvalue weighted by molar-refractivity contribution is 7.17. The van der Waals surface area contributed by atoms with Gasteiger partial charge in [0.05, 0.1) is 5.41 Å². The molecule has 0 aliphatic carbocycles. The Morgan fingerprint density at radius 1 is 1.11 bits per heavy atom. The number of rotatable bonds is 3. The summed E-state index contributed by atoms with van der Waals surface area (Å²) in [5, 5.41) is 14.1. The van der Waals surface area contributed by atoms with Crippen LogP contribution in [-0.2, 0) is 10.2 Å². The zero-order valence-electron chi connectivity index (χ0n) is 14.9. The second-order valence-corrected chi connectivity index (χ2v) is 7.98. The molecule has 4 aromatic rings. The number of nitrogens with two attached hydrogens (primary N) is 1. The van der Waals surface area contributed by atoms with Crippen LogP contribution in [0.25, 0.3) is 32.1 Å². The smallest absolute Gasteiger partial charge is 0.266 e. The number of aromatic amines is 1. The van der Waals surface area contributed by atoms with E-state index in [-0.39, 0.29) is 11.3 Å². The first kappa shape index (κ1) is 17.3. The first-order chi connectivity index (χ1) is 12.8. The zero-order valence-corrected chi connectivity index (χ0v) is 15.7. The molecule has 0 aliphatic rings. The number of carbonyl (C=O) groups is 1. The number of aromatic hydroxyl groups is 1. The Bertz CT molecular complexity index is 1250. The topological polar surface area (TPSA) is 96.2 Å². The molecule has 2 aromatic heterocycles. The minimum atomic E-state index is -0.787. The van der Waals surface area contributed by atoms with Crippen molar-refractivity contribution in [3.63, 3.8) is 0 Å². The number of H-pyrrole nitrogens is 1. The van der Waals surface area contributed by atoms with E-state index in [1.54, 1.807) is 26.0 Å². The largest absolute Gasteiger partial charge is 0.507 e. The molecule has 0 bridgehead atoms. The van der Waals surface area contributed by atoms with E-state index < -0.39 is 11.3 Å². The van der Waals surface area contributed by atoms with Crippen molar-refractivity contribution in [3.8, 4) is 16.9 Å². The normalized spacial score (nSPS) is 11.9. The maximum absolute atomic E-state index is 12.3. The summed E-state index contributed by atoms with van der Waals surface area (Å²) in [5.74, 6) is -0.273. The molecule has 0 unspecified atom stereocenters. The summed E-state index contributed by atoms with van der Waals surface area (Å²) in [6.45, 7) is 3.55. The number of hydrogen-bond donors (Lipinski definition) is 3. The molecule has 6 heteroatoms. The van der Waals surface area contributed by atoms with Crippen LogP contribution in [0, 0.1) is 0 Å². The van der Waals surface area contributed by atoms with E-state index in [0.29, 0.717) is 15.8 Å². The van der Waals surface area contributed by atoms with Crippen molar-refractivity contribution < 1.29 is 9.90 Å². The SMILES string of the molecule is CC(C)(C(N)=O)c1ccc(-c2c(O)ccc3[nH]c(=O)c4sccc4c23)cc1. The van der Waals surface area contributed by atoms with Crippen LogP contribution in [0.2, 0.25) is 0 Å². The lowest BCUT2D eigenvalue weighted by molar-refractivity contribution is -0.122. The molecule has 0 aliphatic heterocycles. The van der Waals surface area contributed by atoms with Gasteiger partial charge in [0, 0.05) is 21.9 Å². The van der Waals surface area contributed by atoms with E-state index in [9.17, 15) is 14.7 Å². The summed E-state index contributed by atoms with van der Waals surface area (Å²) in [7, 11) is 0. The standard InChI is InChI=1S/C21H18N2O3S/c1-21(2,20(22)26)12-5-3-11(4-6-12)16-15(24)8-7-14-17(16)13-9-10-27-18(13)19(25)23-14/h3-10,24H,1-2H3,(H2,22,26)(H,23,25). The molecular formula is C21H18N2O3S. The number of primary amides is 1. The molecule has 5 nitrogen and oxygen atoms in total. The summed E-state index contributed by atoms with van der Waals surface area (Å²) < 4.78 is 0.626. The Morgan fingerprint density at radius 2 is 1.81 bits per heavy atom. The molecular weight excluding hydrogens is 360 g/mol. The molecule has 4 rings (SSSR count). The van der Waals surface area contributed by atoms with Crippen LogP contribution in [0.4, 0.5) is 0 Å². The van der Waals surface area contributed by atoms with Crippen LogP contribution in [0.5, 0.6) is 5.75 Å². The number of aromatic nitrogens is 1. The third-order valence-electron chi connectivity index (χ3n) is 5.08. The lowest BCUT2D eigenvalue weighted by Crippen LogP contribution is -2.35. The summed E-state index contributed by atoms with van der Waals surface area (Å²) in [6.07, 6.45) is 0. The monoisotopic (exact) mass is 378 g/mol. The molecule has 0 saturated carbocycles. The molecule has 0 fully saturated rings. The van der Waals surface area contributed by atoms with Gasteiger partial charge in [-0.2, -0.15) is 0 Å². The lowest BCUT2D eigenvalue weighted by atomic mass is 9.83. The molecule has 2 heterocycles. The summed E-state index contributed by atoms with van der Waals surface area (Å²) >= 11 is 1.37. The number of phenolic OH excluding ortho intramolecular Hbond substituents is 1. The van der Waals surface area contributed by atoms with Crippen LogP contribution in [0.15, 0.2) is 52.6 Å². The van der Waals surface area contributed by atoms with Gasteiger partial charge < -0.3 is 15.8 Å². The Kier molecular flexibility index (Phi) is 3.82. The number of nitrogens with one attached hydrogen (secondary N) is 1. The molecule has 4 N–H and O–H groups in total. The number of thiophene rings is 1. The average Bonchev–Trinajstić information content (AvgIpc) is 3.13. The molecule has 2 aromatic carbocycles. The van der Waals surface area contributed by atoms with E-state index >= 15 is 0 Å². The molecule has 136 valence electrons. The van der Waals surface area contributed by atoms with Gasteiger partial charge in [-0.15, -0.1) is 11.3 Å². The van der Waals surface area contributed by atoms with Gasteiger partial charge in [0.2, 0.25) is 5.91 Å². The van der Waals surface area contributed by atoms with Crippen LogP contribution < -0.4 is 11.3 Å². The number of fused-ring (bicyclic) bond motifs is 3. The number of carbonyl (C=O) groups excluding carboxylic acids is 1. The van der Waals surface area contributed by atoms with E-state index in [0.717, 1.165) is 21.9 Å². The zero-order chi connectivity index (χ0) is 19.3. The van der Waals surface area contributed by atoms with Crippen molar-refractivity contribution in [1.29, 1.82) is 0 Å². The third kappa shape index (κ3) is 2.61. The highest BCUT2D eigenvalue weighted by Crippen LogP contribution is 2.40. The maximum Gasteiger partial charge on any atom is 0.266 e. The van der Waals surface area contributed by atoms with Crippen LogP contribution in [0.3, 0.4) is 0 Å². The lowest BCUT2D eigenvalue weighted by Gasteiger charge is -2.21. The molecule has 0 radical (unpaired) electrons. The molecule has 27 heavy (non-hydrogen) atoms. The number of pyridine rings is 1. The first-order valence-corrected chi connectivity index (χ1v) is 9.34. The highest BCUT2D eigenvalue weighted by atomic mass is 32.1. The maximum atomic E-state index is 12.3. The second kappa shape index (κ2) is 5.96. The highest BCUT2D eigenvalue weighted by Gasteiger charge is 2.27. The second-order valence-electron chi connectivity index (χ2n) is 7.07. The molecule has 1 amide bonds. The Hall–Kier alpha value is -3.12. The van der Waals surface area contributed by atoms with Gasteiger partial charge in [-0.05, 0) is 48.6 Å². The van der Waals surface area contributed by atoms with E-state index in [1.165, 1.54) is 11.3 Å². The van der Waals surface area contributed by atoms with Gasteiger partial charge in [-0.1, -0.05) is 24.3 Å². The van der Waals surface area contributed by atoms with Crippen LogP contribution >= 0.6 is 11.3 Å². The van der Waals surface area contributed by atoms with Crippen molar-refractivity contribution in [2.45, 2.75) is 19.3 Å². The Morgan fingerprint density at radius 3 is 2.48 bits per heavy atom. The molecule has 0 atom stereocenters. The van der Waals surface area contributed by atoms with Crippen molar-refractivity contribution in [2.75, 3.05) is 0 Å². The van der Waals surface area contributed by atoms with Gasteiger partial charge in [-0.25, -0.2) is 0 Å². The fourth-order valence-corrected chi connectivity index (χ4v) is 4.12. The first-order valence-electron chi connectivity index (χ1n) is 8.46. The third-order valence-corrected chi connectivity index (χ3v) is 6.00. The van der Waals surface area contributed by atoms with Crippen molar-refractivity contribution in [3.05, 3.63) is 63.8 Å². The van der Waals surface area contributed by atoms with Gasteiger partial charge in [0.1, 0.15) is 10.4 Å². The van der Waals surface area contributed by atoms with Crippen molar-refractivity contribution in [2.24, 2.45) is 5.73 Å². The van der Waals surface area contributed by atoms with Gasteiger partial charge >= 0.3 is 0 Å². The van der Waals surface area contributed by atoms with E-state index in [2.05, 4.69) is 4.98 Å². The van der Waals surface area contributed by atoms with Crippen molar-refractivity contribution >= 4 is 38.2 Å². The number of hydrogen-bond acceptors (Lipinski definition) is 4. The van der Waals surface area contributed by atoms with Crippen LogP contribution in [0.1, 0.15) is 19.4 Å². The quantitative estimate of drug-likeness (QED) is 0.505. The number of benzene rings is 2. The Labute approximate surface area is 159 Å². The predicted molar refractivity (Wildman–Crippen MR) is 109 cm³/mol. The minimum absolute atomic E-state index is 0.129. The predicted octanol–water partition coefficient (Wildman–Crippen LogP) is 3.88. The van der Waals surface area contributed by atoms with E-state index in [1.807, 2.05) is 35.7 Å². The number of phenols is 1. The fraction of sp³-hybridized carbons (Fsp3) is 0.143. The van der Waals surface area contributed by atoms with Gasteiger partial charge in [0.15, 0.2) is 0 Å². The molecule has 0 spiro atoms. The van der Waals surface area contributed by atoms with Gasteiger partial charge in [-0.3, -0.25) is 9.59 Å². The van der Waals surface area contributed by atoms with E-state index in [4.69, 9.17) is 5.73 Å². The van der Waals surface area contributed by atoms with Crippen molar-refractivity contribution in [1.82, 2.24) is 4.98 Å². The number of amides is 1. The summed E-state index contributed by atoms with van der Waals surface area (Å²) in [6, 6.07) is 12.6.